The zero-order valence-corrected chi connectivity index (χ0v) is 8.04. The lowest BCUT2D eigenvalue weighted by atomic mass is 10.1. The molecule has 0 bridgehead atoms. The Labute approximate surface area is 90.9 Å². The molecule has 0 saturated carbocycles. The lowest BCUT2D eigenvalue weighted by Gasteiger charge is -1.96. The molecule has 0 aromatic heterocycles. The number of rotatable bonds is 3. The summed E-state index contributed by atoms with van der Waals surface area (Å²) in [4.78, 5) is 21.1. The molecular formula is C11H7NO4. The van der Waals surface area contributed by atoms with E-state index in [4.69, 9.17) is 15.5 Å². The van der Waals surface area contributed by atoms with Gasteiger partial charge in [0, 0.05) is 0 Å². The van der Waals surface area contributed by atoms with Crippen LogP contribution in [0.1, 0.15) is 15.9 Å². The van der Waals surface area contributed by atoms with Crippen LogP contribution in [-0.4, -0.2) is 22.2 Å². The van der Waals surface area contributed by atoms with E-state index >= 15 is 0 Å². The molecule has 2 N–H and O–H groups in total. The molecule has 1 aromatic carbocycles. The highest BCUT2D eigenvalue weighted by Gasteiger charge is 2.06. The fraction of sp³-hybridized carbons (Fsp3) is 0. The molecule has 5 heteroatoms. The molecule has 0 unspecified atom stereocenters. The van der Waals surface area contributed by atoms with Gasteiger partial charge in [0.05, 0.1) is 5.56 Å². The van der Waals surface area contributed by atoms with Gasteiger partial charge in [-0.2, -0.15) is 5.26 Å². The molecule has 0 radical (unpaired) electrons. The van der Waals surface area contributed by atoms with Crippen molar-refractivity contribution in [3.63, 3.8) is 0 Å². The van der Waals surface area contributed by atoms with E-state index in [2.05, 4.69) is 0 Å². The van der Waals surface area contributed by atoms with Gasteiger partial charge in [-0.15, -0.1) is 0 Å². The Kier molecular flexibility index (Phi) is 3.41. The SMILES string of the molecule is N#C/C(=C\c1ccc(C(=O)O)cc1)C(=O)O. The first-order valence-electron chi connectivity index (χ1n) is 4.23. The van der Waals surface area contributed by atoms with Crippen LogP contribution < -0.4 is 0 Å². The molecular weight excluding hydrogens is 210 g/mol. The van der Waals surface area contributed by atoms with Gasteiger partial charge in [-0.3, -0.25) is 0 Å². The zero-order valence-electron chi connectivity index (χ0n) is 8.04. The first kappa shape index (κ1) is 11.5. The van der Waals surface area contributed by atoms with Gasteiger partial charge in [-0.25, -0.2) is 9.59 Å². The average Bonchev–Trinajstić information content (AvgIpc) is 2.26. The Bertz CT molecular complexity index is 494. The second kappa shape index (κ2) is 4.75. The van der Waals surface area contributed by atoms with Crippen molar-refractivity contribution in [3.8, 4) is 6.07 Å². The zero-order chi connectivity index (χ0) is 12.1. The summed E-state index contributed by atoms with van der Waals surface area (Å²) in [7, 11) is 0. The summed E-state index contributed by atoms with van der Waals surface area (Å²) in [6.45, 7) is 0. The van der Waals surface area contributed by atoms with E-state index in [1.807, 2.05) is 0 Å². The van der Waals surface area contributed by atoms with Crippen LogP contribution >= 0.6 is 0 Å². The van der Waals surface area contributed by atoms with E-state index in [0.29, 0.717) is 5.56 Å². The van der Waals surface area contributed by atoms with Crippen molar-refractivity contribution in [1.29, 1.82) is 5.26 Å². The predicted octanol–water partition coefficient (Wildman–Crippen LogP) is 1.38. The van der Waals surface area contributed by atoms with Gasteiger partial charge >= 0.3 is 11.9 Å². The van der Waals surface area contributed by atoms with E-state index in [9.17, 15) is 9.59 Å². The molecule has 0 heterocycles. The van der Waals surface area contributed by atoms with Crippen molar-refractivity contribution in [2.75, 3.05) is 0 Å². The molecule has 80 valence electrons. The van der Waals surface area contributed by atoms with Gasteiger partial charge in [0.15, 0.2) is 0 Å². The van der Waals surface area contributed by atoms with Gasteiger partial charge in [0.2, 0.25) is 0 Å². The number of nitriles is 1. The smallest absolute Gasteiger partial charge is 0.346 e. The van der Waals surface area contributed by atoms with Crippen LogP contribution in [0.5, 0.6) is 0 Å². The highest BCUT2D eigenvalue weighted by Crippen LogP contribution is 2.09. The van der Waals surface area contributed by atoms with Crippen molar-refractivity contribution in [1.82, 2.24) is 0 Å². The number of nitrogens with zero attached hydrogens (tertiary/aromatic N) is 1. The van der Waals surface area contributed by atoms with Crippen LogP contribution in [0, 0.1) is 11.3 Å². The van der Waals surface area contributed by atoms with Crippen LogP contribution in [0.25, 0.3) is 6.08 Å². The summed E-state index contributed by atoms with van der Waals surface area (Å²) >= 11 is 0. The summed E-state index contributed by atoms with van der Waals surface area (Å²) in [6.07, 6.45) is 1.17. The third kappa shape index (κ3) is 2.69. The molecule has 5 nitrogen and oxygen atoms in total. The Morgan fingerprint density at radius 1 is 1.19 bits per heavy atom. The van der Waals surface area contributed by atoms with Crippen LogP contribution in [0.3, 0.4) is 0 Å². The molecule has 1 rings (SSSR count). The number of aliphatic carboxylic acids is 1. The number of carbonyl (C=O) groups is 2. The summed E-state index contributed by atoms with van der Waals surface area (Å²) in [5, 5.41) is 25.7. The van der Waals surface area contributed by atoms with Gasteiger partial charge in [-0.1, -0.05) is 12.1 Å². The summed E-state index contributed by atoms with van der Waals surface area (Å²) in [5.41, 5.74) is 0.165. The summed E-state index contributed by atoms with van der Waals surface area (Å²) in [5.74, 6) is -2.38. The van der Waals surface area contributed by atoms with E-state index in [0.717, 1.165) is 0 Å². The Hall–Kier alpha value is -2.61. The van der Waals surface area contributed by atoms with Crippen molar-refractivity contribution >= 4 is 18.0 Å². The first-order valence-corrected chi connectivity index (χ1v) is 4.23. The summed E-state index contributed by atoms with van der Waals surface area (Å²) in [6, 6.07) is 7.08. The second-order valence-corrected chi connectivity index (χ2v) is 2.90. The number of aromatic carboxylic acids is 1. The lowest BCUT2D eigenvalue weighted by Crippen LogP contribution is -1.98. The monoisotopic (exact) mass is 217 g/mol. The third-order valence-corrected chi connectivity index (χ3v) is 1.82. The minimum absolute atomic E-state index is 0.103. The van der Waals surface area contributed by atoms with Crippen LogP contribution in [0.4, 0.5) is 0 Å². The summed E-state index contributed by atoms with van der Waals surface area (Å²) < 4.78 is 0. The predicted molar refractivity (Wildman–Crippen MR) is 54.6 cm³/mol. The molecule has 1 aromatic rings. The van der Waals surface area contributed by atoms with Gasteiger partial charge in [0.25, 0.3) is 0 Å². The Balaban J connectivity index is 3.04. The van der Waals surface area contributed by atoms with Crippen molar-refractivity contribution < 1.29 is 19.8 Å². The van der Waals surface area contributed by atoms with Crippen molar-refractivity contribution in [2.24, 2.45) is 0 Å². The highest BCUT2D eigenvalue weighted by atomic mass is 16.4. The largest absolute Gasteiger partial charge is 0.478 e. The number of hydrogen-bond donors (Lipinski definition) is 2. The molecule has 0 aliphatic rings. The van der Waals surface area contributed by atoms with Gasteiger partial charge in [0.1, 0.15) is 11.6 Å². The van der Waals surface area contributed by atoms with Crippen LogP contribution in [0.15, 0.2) is 29.8 Å². The Morgan fingerprint density at radius 2 is 1.75 bits per heavy atom. The van der Waals surface area contributed by atoms with Crippen molar-refractivity contribution in [3.05, 3.63) is 41.0 Å². The van der Waals surface area contributed by atoms with Crippen LogP contribution in [-0.2, 0) is 4.79 Å². The first-order chi connectivity index (χ1) is 7.54. The van der Waals surface area contributed by atoms with Crippen molar-refractivity contribution in [2.45, 2.75) is 0 Å². The standard InChI is InChI=1S/C11H7NO4/c12-6-9(11(15)16)5-7-1-3-8(4-2-7)10(13)14/h1-5H,(H,13,14)(H,15,16)/b9-5+. The van der Waals surface area contributed by atoms with Gasteiger partial charge in [-0.05, 0) is 23.8 Å². The molecule has 16 heavy (non-hydrogen) atoms. The minimum Gasteiger partial charge on any atom is -0.478 e. The molecule has 0 fully saturated rings. The number of hydrogen-bond acceptors (Lipinski definition) is 3. The lowest BCUT2D eigenvalue weighted by molar-refractivity contribution is -0.132. The number of carboxylic acids is 2. The van der Waals surface area contributed by atoms with E-state index in [1.54, 1.807) is 0 Å². The van der Waals surface area contributed by atoms with E-state index < -0.39 is 17.5 Å². The topological polar surface area (TPSA) is 98.4 Å². The average molecular weight is 217 g/mol. The maximum atomic E-state index is 10.5. The molecule has 0 saturated heterocycles. The minimum atomic E-state index is -1.31. The number of carboxylic acid groups (broad SMARTS) is 2. The molecule has 0 aliphatic heterocycles. The quantitative estimate of drug-likeness (QED) is 0.588. The maximum absolute atomic E-state index is 10.5. The molecule has 0 atom stereocenters. The van der Waals surface area contributed by atoms with E-state index in [-0.39, 0.29) is 5.56 Å². The third-order valence-electron chi connectivity index (χ3n) is 1.82. The fourth-order valence-electron chi connectivity index (χ4n) is 1.03. The molecule has 0 aliphatic carbocycles. The second-order valence-electron chi connectivity index (χ2n) is 2.90. The van der Waals surface area contributed by atoms with Crippen LogP contribution in [0.2, 0.25) is 0 Å². The normalized spacial score (nSPS) is 10.6. The molecule has 0 spiro atoms. The fourth-order valence-corrected chi connectivity index (χ4v) is 1.03. The molecule has 0 amide bonds. The number of benzene rings is 1. The maximum Gasteiger partial charge on any atom is 0.346 e. The Morgan fingerprint density at radius 3 is 2.12 bits per heavy atom. The highest BCUT2D eigenvalue weighted by molar-refractivity contribution is 5.96. The van der Waals surface area contributed by atoms with E-state index in [1.165, 1.54) is 36.4 Å². The van der Waals surface area contributed by atoms with Gasteiger partial charge < -0.3 is 10.2 Å².